The topological polar surface area (TPSA) is 78.9 Å². The first-order valence-electron chi connectivity index (χ1n) is 25.3. The van der Waals surface area contributed by atoms with Crippen molar-refractivity contribution in [2.75, 3.05) is 13.2 Å². The average molecular weight is 839 g/mol. The van der Waals surface area contributed by atoms with E-state index in [0.717, 1.165) is 116 Å². The lowest BCUT2D eigenvalue weighted by Crippen LogP contribution is -2.30. The number of allylic oxidation sites excluding steroid dienone is 10. The quantitative estimate of drug-likeness (QED) is 0.0263. The predicted molar refractivity (Wildman–Crippen MR) is 256 cm³/mol. The summed E-state index contributed by atoms with van der Waals surface area (Å²) in [6.45, 7) is 6.45. The molecule has 0 amide bonds. The molecule has 1 unspecified atom stereocenters. The number of hydrogen-bond donors (Lipinski definition) is 0. The van der Waals surface area contributed by atoms with E-state index < -0.39 is 6.10 Å². The standard InChI is InChI=1S/C54H94O6/c1-4-7-10-13-16-19-22-24-26-28-30-32-35-38-41-44-47-53(56)59-50-51(49-58-52(55)46-43-40-37-34-21-18-15-12-9-6-3)60-54(57)48-45-42-39-36-33-31-29-27-25-23-20-17-14-11-8-5-2/h7,10,15-16,18-19,24,26-27,29,51H,4-6,8-9,11-14,17,20-23,25,28,30-50H2,1-3H3/b10-7-,18-15-,19-16-,26-24-,29-27-. The second-order valence-corrected chi connectivity index (χ2v) is 16.7. The van der Waals surface area contributed by atoms with Crippen LogP contribution in [0.15, 0.2) is 60.8 Å². The van der Waals surface area contributed by atoms with Crippen molar-refractivity contribution in [1.29, 1.82) is 0 Å². The van der Waals surface area contributed by atoms with E-state index >= 15 is 0 Å². The lowest BCUT2D eigenvalue weighted by Gasteiger charge is -2.18. The molecule has 0 rings (SSSR count). The molecule has 6 heteroatoms. The van der Waals surface area contributed by atoms with Gasteiger partial charge in [0.25, 0.3) is 0 Å². The van der Waals surface area contributed by atoms with Gasteiger partial charge >= 0.3 is 17.9 Å². The molecule has 0 aliphatic carbocycles. The molecule has 0 N–H and O–H groups in total. The van der Waals surface area contributed by atoms with E-state index in [1.165, 1.54) is 89.9 Å². The van der Waals surface area contributed by atoms with Crippen molar-refractivity contribution in [3.63, 3.8) is 0 Å². The highest BCUT2D eigenvalue weighted by Gasteiger charge is 2.19. The molecule has 0 spiro atoms. The number of esters is 3. The van der Waals surface area contributed by atoms with Crippen LogP contribution in [0.2, 0.25) is 0 Å². The Bertz CT molecular complexity index is 1100. The summed E-state index contributed by atoms with van der Waals surface area (Å²) in [5, 5.41) is 0. The maximum atomic E-state index is 12.8. The third-order valence-corrected chi connectivity index (χ3v) is 10.7. The Kier molecular flexibility index (Phi) is 46.4. The first kappa shape index (κ1) is 57.1. The van der Waals surface area contributed by atoms with Gasteiger partial charge in [0.15, 0.2) is 6.10 Å². The van der Waals surface area contributed by atoms with Crippen LogP contribution in [-0.4, -0.2) is 37.2 Å². The van der Waals surface area contributed by atoms with Crippen molar-refractivity contribution in [3.8, 4) is 0 Å². The molecule has 1 atom stereocenters. The summed E-state index contributed by atoms with van der Waals surface area (Å²) in [4.78, 5) is 37.9. The van der Waals surface area contributed by atoms with Crippen LogP contribution in [0.4, 0.5) is 0 Å². The van der Waals surface area contributed by atoms with Crippen LogP contribution in [0.3, 0.4) is 0 Å². The highest BCUT2D eigenvalue weighted by molar-refractivity contribution is 5.71. The summed E-state index contributed by atoms with van der Waals surface area (Å²) in [6.07, 6.45) is 59.2. The van der Waals surface area contributed by atoms with Gasteiger partial charge in [0.05, 0.1) is 0 Å². The second kappa shape index (κ2) is 48.8. The Hall–Kier alpha value is -2.89. The van der Waals surface area contributed by atoms with Crippen molar-refractivity contribution < 1.29 is 28.6 Å². The zero-order chi connectivity index (χ0) is 43.7. The summed E-state index contributed by atoms with van der Waals surface area (Å²) < 4.78 is 16.7. The minimum atomic E-state index is -0.786. The molecule has 0 fully saturated rings. The van der Waals surface area contributed by atoms with Crippen LogP contribution in [0.25, 0.3) is 0 Å². The highest BCUT2D eigenvalue weighted by Crippen LogP contribution is 2.14. The molecule has 6 nitrogen and oxygen atoms in total. The van der Waals surface area contributed by atoms with Gasteiger partial charge in [0, 0.05) is 19.3 Å². The lowest BCUT2D eigenvalue weighted by molar-refractivity contribution is -0.167. The minimum Gasteiger partial charge on any atom is -0.462 e. The van der Waals surface area contributed by atoms with Crippen LogP contribution in [0.1, 0.15) is 245 Å². The van der Waals surface area contributed by atoms with Gasteiger partial charge in [0.2, 0.25) is 0 Å². The highest BCUT2D eigenvalue weighted by atomic mass is 16.6. The van der Waals surface area contributed by atoms with Gasteiger partial charge in [-0.15, -0.1) is 0 Å². The normalized spacial score (nSPS) is 12.5. The first-order chi connectivity index (χ1) is 29.5. The Morgan fingerprint density at radius 3 is 1.08 bits per heavy atom. The number of ether oxygens (including phenoxy) is 3. The smallest absolute Gasteiger partial charge is 0.306 e. The fraction of sp³-hybridized carbons (Fsp3) is 0.759. The van der Waals surface area contributed by atoms with Crippen molar-refractivity contribution in [1.82, 2.24) is 0 Å². The lowest BCUT2D eigenvalue weighted by atomic mass is 10.1. The summed E-state index contributed by atoms with van der Waals surface area (Å²) in [5.74, 6) is -0.920. The van der Waals surface area contributed by atoms with Gasteiger partial charge in [-0.1, -0.05) is 191 Å². The van der Waals surface area contributed by atoms with E-state index in [1.54, 1.807) is 0 Å². The largest absolute Gasteiger partial charge is 0.462 e. The second-order valence-electron chi connectivity index (χ2n) is 16.7. The molecule has 0 radical (unpaired) electrons. The number of carbonyl (C=O) groups is 3. The maximum absolute atomic E-state index is 12.8. The van der Waals surface area contributed by atoms with Gasteiger partial charge in [-0.25, -0.2) is 0 Å². The van der Waals surface area contributed by atoms with Gasteiger partial charge < -0.3 is 14.2 Å². The summed E-state index contributed by atoms with van der Waals surface area (Å²) in [6, 6.07) is 0. The zero-order valence-corrected chi connectivity index (χ0v) is 39.5. The van der Waals surface area contributed by atoms with Gasteiger partial charge in [-0.2, -0.15) is 0 Å². The number of carbonyl (C=O) groups excluding carboxylic acids is 3. The molecule has 60 heavy (non-hydrogen) atoms. The summed E-state index contributed by atoms with van der Waals surface area (Å²) in [5.41, 5.74) is 0. The van der Waals surface area contributed by atoms with Crippen LogP contribution in [-0.2, 0) is 28.6 Å². The third kappa shape index (κ3) is 46.2. The van der Waals surface area contributed by atoms with Crippen LogP contribution in [0.5, 0.6) is 0 Å². The van der Waals surface area contributed by atoms with E-state index in [4.69, 9.17) is 14.2 Å². The number of rotatable bonds is 45. The van der Waals surface area contributed by atoms with Crippen molar-refractivity contribution in [2.45, 2.75) is 252 Å². The molecular weight excluding hydrogens is 745 g/mol. The molecule has 0 heterocycles. The summed E-state index contributed by atoms with van der Waals surface area (Å²) >= 11 is 0. The third-order valence-electron chi connectivity index (χ3n) is 10.7. The Morgan fingerprint density at radius 1 is 0.350 bits per heavy atom. The number of hydrogen-bond acceptors (Lipinski definition) is 6. The average Bonchev–Trinajstić information content (AvgIpc) is 3.24. The Balaban J connectivity index is 4.39. The van der Waals surface area contributed by atoms with E-state index in [9.17, 15) is 14.4 Å². The van der Waals surface area contributed by atoms with Gasteiger partial charge in [0.1, 0.15) is 13.2 Å². The fourth-order valence-electron chi connectivity index (χ4n) is 6.90. The Morgan fingerprint density at radius 2 is 0.667 bits per heavy atom. The molecule has 0 aliphatic rings. The molecule has 0 aromatic heterocycles. The predicted octanol–water partition coefficient (Wildman–Crippen LogP) is 16.5. The molecule has 0 aliphatic heterocycles. The van der Waals surface area contributed by atoms with E-state index in [1.807, 2.05) is 0 Å². The zero-order valence-electron chi connectivity index (χ0n) is 39.5. The van der Waals surface area contributed by atoms with Crippen LogP contribution >= 0.6 is 0 Å². The van der Waals surface area contributed by atoms with Gasteiger partial charge in [-0.05, 0) is 96.3 Å². The molecule has 0 aromatic rings. The minimum absolute atomic E-state index is 0.0879. The van der Waals surface area contributed by atoms with Gasteiger partial charge in [-0.3, -0.25) is 14.4 Å². The maximum Gasteiger partial charge on any atom is 0.306 e. The van der Waals surface area contributed by atoms with E-state index in [2.05, 4.69) is 81.5 Å². The summed E-state index contributed by atoms with van der Waals surface area (Å²) in [7, 11) is 0. The van der Waals surface area contributed by atoms with Crippen molar-refractivity contribution in [2.24, 2.45) is 0 Å². The molecular formula is C54H94O6. The monoisotopic (exact) mass is 839 g/mol. The molecule has 0 saturated heterocycles. The molecule has 0 bridgehead atoms. The fourth-order valence-corrected chi connectivity index (χ4v) is 6.90. The molecule has 0 aromatic carbocycles. The van der Waals surface area contributed by atoms with Crippen LogP contribution in [0, 0.1) is 0 Å². The van der Waals surface area contributed by atoms with Crippen molar-refractivity contribution >= 4 is 17.9 Å². The van der Waals surface area contributed by atoms with Crippen molar-refractivity contribution in [3.05, 3.63) is 60.8 Å². The number of unbranched alkanes of at least 4 members (excludes halogenated alkanes) is 24. The Labute approximate surface area is 370 Å². The first-order valence-corrected chi connectivity index (χ1v) is 25.3. The van der Waals surface area contributed by atoms with E-state index in [-0.39, 0.29) is 31.1 Å². The van der Waals surface area contributed by atoms with E-state index in [0.29, 0.717) is 19.3 Å². The molecule has 0 saturated carbocycles. The molecule has 346 valence electrons. The van der Waals surface area contributed by atoms with Crippen LogP contribution < -0.4 is 0 Å². The SMILES string of the molecule is CC/C=C\C/C=C\C/C=C\CCCCCCCCC(=O)OCC(COC(=O)CCCCCC/C=C\CCCC)OC(=O)CCCCCCC/C=C\CCCCCCCCC.